The molecular weight excluding hydrogens is 336 g/mol. The highest BCUT2D eigenvalue weighted by molar-refractivity contribution is 5.92. The fourth-order valence-corrected chi connectivity index (χ4v) is 2.66. The molecule has 134 valence electrons. The third kappa shape index (κ3) is 3.92. The Kier molecular flexibility index (Phi) is 5.81. The van der Waals surface area contributed by atoms with Crippen LogP contribution in [0.4, 0.5) is 0 Å². The van der Waals surface area contributed by atoms with Gasteiger partial charge in [0.25, 0.3) is 0 Å². The van der Waals surface area contributed by atoms with Crippen LogP contribution in [0.3, 0.4) is 0 Å². The van der Waals surface area contributed by atoms with Crippen LogP contribution in [0.15, 0.2) is 53.1 Å². The van der Waals surface area contributed by atoms with Gasteiger partial charge in [-0.25, -0.2) is 9.59 Å². The Morgan fingerprint density at radius 3 is 2.58 bits per heavy atom. The van der Waals surface area contributed by atoms with Crippen molar-refractivity contribution in [1.29, 1.82) is 5.26 Å². The summed E-state index contributed by atoms with van der Waals surface area (Å²) in [5.74, 6) is -2.13. The lowest BCUT2D eigenvalue weighted by Crippen LogP contribution is -2.25. The number of carboxylic acid groups (broad SMARTS) is 1. The van der Waals surface area contributed by atoms with Gasteiger partial charge >= 0.3 is 11.9 Å². The molecule has 1 aliphatic rings. The highest BCUT2D eigenvalue weighted by atomic mass is 16.5. The smallest absolute Gasteiger partial charge is 0.338 e. The molecule has 0 radical (unpaired) electrons. The van der Waals surface area contributed by atoms with Crippen LogP contribution in [0.5, 0.6) is 0 Å². The van der Waals surface area contributed by atoms with Crippen LogP contribution in [0.1, 0.15) is 30.9 Å². The Balaban J connectivity index is 2.50. The normalized spacial score (nSPS) is 17.0. The first-order valence-corrected chi connectivity index (χ1v) is 7.85. The summed E-state index contributed by atoms with van der Waals surface area (Å²) < 4.78 is 10.4. The SMILES string of the molecule is CCOC(=O)C1=C(C)OC(N)=C(C#N)C1c1ccc(C=CC(=O)O)cc1. The summed E-state index contributed by atoms with van der Waals surface area (Å²) in [7, 11) is 0. The van der Waals surface area contributed by atoms with Crippen molar-refractivity contribution in [3.8, 4) is 6.07 Å². The molecule has 1 atom stereocenters. The number of allylic oxidation sites excluding steroid dienone is 2. The zero-order valence-corrected chi connectivity index (χ0v) is 14.4. The number of ether oxygens (including phenoxy) is 2. The maximum absolute atomic E-state index is 12.4. The van der Waals surface area contributed by atoms with Crippen molar-refractivity contribution in [2.24, 2.45) is 5.73 Å². The number of benzene rings is 1. The number of hydrogen-bond donors (Lipinski definition) is 2. The minimum absolute atomic E-state index is 0.0575. The number of nitrogens with zero attached hydrogens (tertiary/aromatic N) is 1. The minimum atomic E-state index is -1.05. The van der Waals surface area contributed by atoms with Crippen molar-refractivity contribution in [2.75, 3.05) is 6.61 Å². The van der Waals surface area contributed by atoms with E-state index in [0.29, 0.717) is 11.1 Å². The molecular formula is C19H18N2O5. The van der Waals surface area contributed by atoms with E-state index in [9.17, 15) is 14.9 Å². The Bertz CT molecular complexity index is 857. The topological polar surface area (TPSA) is 123 Å². The molecule has 7 heteroatoms. The van der Waals surface area contributed by atoms with Crippen LogP contribution >= 0.6 is 0 Å². The number of hydrogen-bond acceptors (Lipinski definition) is 6. The molecule has 1 aliphatic heterocycles. The molecule has 0 amide bonds. The number of nitriles is 1. The molecule has 1 heterocycles. The molecule has 7 nitrogen and oxygen atoms in total. The summed E-state index contributed by atoms with van der Waals surface area (Å²) in [6.07, 6.45) is 2.47. The maximum atomic E-state index is 12.4. The molecule has 0 bridgehead atoms. The predicted molar refractivity (Wildman–Crippen MR) is 93.1 cm³/mol. The number of carbonyl (C=O) groups excluding carboxylic acids is 1. The maximum Gasteiger partial charge on any atom is 0.338 e. The molecule has 3 N–H and O–H groups in total. The Hall–Kier alpha value is -3.53. The molecule has 0 saturated heterocycles. The van der Waals surface area contributed by atoms with Crippen molar-refractivity contribution < 1.29 is 24.2 Å². The molecule has 0 spiro atoms. The number of esters is 1. The van der Waals surface area contributed by atoms with Gasteiger partial charge in [0.1, 0.15) is 17.4 Å². The standard InChI is InChI=1S/C19H18N2O5/c1-3-25-19(24)16-11(2)26-18(21)14(10-20)17(16)13-7-4-12(5-8-13)6-9-15(22)23/h4-9,17H,3,21H2,1-2H3,(H,22,23). The van der Waals surface area contributed by atoms with Crippen LogP contribution in [0.2, 0.25) is 0 Å². The second kappa shape index (κ2) is 8.03. The largest absolute Gasteiger partial charge is 0.478 e. The highest BCUT2D eigenvalue weighted by Crippen LogP contribution is 2.39. The van der Waals surface area contributed by atoms with Crippen molar-refractivity contribution in [1.82, 2.24) is 0 Å². The minimum Gasteiger partial charge on any atom is -0.478 e. The summed E-state index contributed by atoms with van der Waals surface area (Å²) >= 11 is 0. The van der Waals surface area contributed by atoms with Gasteiger partial charge in [-0.2, -0.15) is 5.26 Å². The highest BCUT2D eigenvalue weighted by Gasteiger charge is 2.36. The average Bonchev–Trinajstić information content (AvgIpc) is 2.60. The third-order valence-electron chi connectivity index (χ3n) is 3.79. The quantitative estimate of drug-likeness (QED) is 0.615. The van der Waals surface area contributed by atoms with E-state index in [-0.39, 0.29) is 29.4 Å². The Morgan fingerprint density at radius 1 is 1.38 bits per heavy atom. The van der Waals surface area contributed by atoms with Gasteiger partial charge in [-0.1, -0.05) is 24.3 Å². The van der Waals surface area contributed by atoms with Gasteiger partial charge in [0.05, 0.1) is 18.1 Å². The van der Waals surface area contributed by atoms with Gasteiger partial charge in [-0.15, -0.1) is 0 Å². The van der Waals surface area contributed by atoms with Gasteiger partial charge in [0.15, 0.2) is 0 Å². The van der Waals surface area contributed by atoms with Crippen molar-refractivity contribution >= 4 is 18.0 Å². The summed E-state index contributed by atoms with van der Waals surface area (Å²) in [6.45, 7) is 3.46. The summed E-state index contributed by atoms with van der Waals surface area (Å²) in [4.78, 5) is 23.0. The summed E-state index contributed by atoms with van der Waals surface area (Å²) in [6, 6.07) is 8.78. The van der Waals surface area contributed by atoms with E-state index in [0.717, 1.165) is 6.08 Å². The Labute approximate surface area is 150 Å². The molecule has 0 aromatic heterocycles. The van der Waals surface area contributed by atoms with E-state index in [1.54, 1.807) is 38.1 Å². The zero-order valence-electron chi connectivity index (χ0n) is 14.4. The van der Waals surface area contributed by atoms with E-state index in [1.807, 2.05) is 6.07 Å². The molecule has 1 unspecified atom stereocenters. The van der Waals surface area contributed by atoms with Crippen LogP contribution in [0, 0.1) is 11.3 Å². The zero-order chi connectivity index (χ0) is 19.3. The molecule has 0 fully saturated rings. The monoisotopic (exact) mass is 354 g/mol. The first kappa shape index (κ1) is 18.8. The van der Waals surface area contributed by atoms with E-state index in [2.05, 4.69) is 0 Å². The van der Waals surface area contributed by atoms with Crippen molar-refractivity contribution in [2.45, 2.75) is 19.8 Å². The average molecular weight is 354 g/mol. The first-order valence-electron chi connectivity index (χ1n) is 7.85. The van der Waals surface area contributed by atoms with Gasteiger partial charge < -0.3 is 20.3 Å². The Morgan fingerprint density at radius 2 is 2.04 bits per heavy atom. The van der Waals surface area contributed by atoms with Gasteiger partial charge in [-0.3, -0.25) is 0 Å². The fraction of sp³-hybridized carbons (Fsp3) is 0.211. The fourth-order valence-electron chi connectivity index (χ4n) is 2.66. The van der Waals surface area contributed by atoms with Crippen LogP contribution in [-0.4, -0.2) is 23.7 Å². The second-order valence-corrected chi connectivity index (χ2v) is 5.45. The molecule has 1 aromatic rings. The molecule has 2 rings (SSSR count). The summed E-state index contributed by atoms with van der Waals surface area (Å²) in [5.41, 5.74) is 7.46. The number of rotatable bonds is 5. The molecule has 26 heavy (non-hydrogen) atoms. The van der Waals surface area contributed by atoms with Gasteiger partial charge in [-0.05, 0) is 31.1 Å². The van der Waals surface area contributed by atoms with Gasteiger partial charge in [0.2, 0.25) is 5.88 Å². The van der Waals surface area contributed by atoms with Gasteiger partial charge in [0, 0.05) is 6.08 Å². The lowest BCUT2D eigenvalue weighted by atomic mass is 9.83. The molecule has 0 aliphatic carbocycles. The van der Waals surface area contributed by atoms with Crippen LogP contribution in [-0.2, 0) is 19.1 Å². The summed E-state index contributed by atoms with van der Waals surface area (Å²) in [5, 5.41) is 18.2. The first-order chi connectivity index (χ1) is 12.4. The number of nitrogens with two attached hydrogens (primary N) is 1. The third-order valence-corrected chi connectivity index (χ3v) is 3.79. The van der Waals surface area contributed by atoms with Crippen molar-refractivity contribution in [3.05, 3.63) is 64.3 Å². The van der Waals surface area contributed by atoms with Crippen LogP contribution < -0.4 is 5.73 Å². The van der Waals surface area contributed by atoms with Crippen molar-refractivity contribution in [3.63, 3.8) is 0 Å². The van der Waals surface area contributed by atoms with E-state index in [4.69, 9.17) is 20.3 Å². The number of carboxylic acids is 1. The van der Waals surface area contributed by atoms with Crippen LogP contribution in [0.25, 0.3) is 6.08 Å². The van der Waals surface area contributed by atoms with E-state index in [1.165, 1.54) is 6.08 Å². The lowest BCUT2D eigenvalue weighted by molar-refractivity contribution is -0.139. The van der Waals surface area contributed by atoms with E-state index < -0.39 is 17.9 Å². The number of carbonyl (C=O) groups is 2. The lowest BCUT2D eigenvalue weighted by Gasteiger charge is -2.26. The predicted octanol–water partition coefficient (Wildman–Crippen LogP) is 2.43. The van der Waals surface area contributed by atoms with E-state index >= 15 is 0 Å². The molecule has 1 aromatic carbocycles. The molecule has 0 saturated carbocycles. The number of aliphatic carboxylic acids is 1. The second-order valence-electron chi connectivity index (χ2n) is 5.45.